The Morgan fingerprint density at radius 2 is 2.00 bits per heavy atom. The summed E-state index contributed by atoms with van der Waals surface area (Å²) in [5, 5.41) is 8.75. The fourth-order valence-corrected chi connectivity index (χ4v) is 1.99. The zero-order valence-corrected chi connectivity index (χ0v) is 10.6. The quantitative estimate of drug-likeness (QED) is 0.814. The number of hydrogen-bond acceptors (Lipinski definition) is 3. The molecule has 3 nitrogen and oxygen atoms in total. The van der Waals surface area contributed by atoms with Crippen molar-refractivity contribution in [2.24, 2.45) is 0 Å². The van der Waals surface area contributed by atoms with Crippen molar-refractivity contribution in [3.63, 3.8) is 0 Å². The summed E-state index contributed by atoms with van der Waals surface area (Å²) in [6, 6.07) is 8.22. The van der Waals surface area contributed by atoms with Crippen molar-refractivity contribution < 1.29 is 9.84 Å². The van der Waals surface area contributed by atoms with E-state index >= 15 is 0 Å². The highest BCUT2D eigenvalue weighted by molar-refractivity contribution is 5.41. The van der Waals surface area contributed by atoms with E-state index in [0.717, 1.165) is 38.4 Å². The first-order valence-corrected chi connectivity index (χ1v) is 6.38. The zero-order chi connectivity index (χ0) is 12.6. The molecular formula is C15H19NO2. The van der Waals surface area contributed by atoms with Crippen molar-refractivity contribution in [1.29, 1.82) is 0 Å². The van der Waals surface area contributed by atoms with E-state index < -0.39 is 0 Å². The highest BCUT2D eigenvalue weighted by atomic mass is 16.5. The number of rotatable bonds is 3. The third kappa shape index (κ3) is 3.85. The predicted octanol–water partition coefficient (Wildman–Crippen LogP) is 1.25. The Labute approximate surface area is 108 Å². The lowest BCUT2D eigenvalue weighted by atomic mass is 10.1. The van der Waals surface area contributed by atoms with Crippen molar-refractivity contribution >= 4 is 0 Å². The Morgan fingerprint density at radius 1 is 1.22 bits per heavy atom. The van der Waals surface area contributed by atoms with Crippen molar-refractivity contribution in [3.8, 4) is 11.8 Å². The average molecular weight is 245 g/mol. The van der Waals surface area contributed by atoms with Gasteiger partial charge in [0.1, 0.15) is 0 Å². The molecule has 1 fully saturated rings. The Hall–Kier alpha value is -1.34. The molecule has 1 aromatic carbocycles. The number of aliphatic hydroxyl groups excluding tert-OH is 1. The Bertz CT molecular complexity index is 428. The van der Waals surface area contributed by atoms with Crippen LogP contribution in [0.5, 0.6) is 0 Å². The van der Waals surface area contributed by atoms with Crippen LogP contribution in [0.25, 0.3) is 0 Å². The number of morpholine rings is 1. The third-order valence-electron chi connectivity index (χ3n) is 2.97. The maximum Gasteiger partial charge on any atom is 0.0594 e. The molecule has 1 aliphatic rings. The minimum Gasteiger partial charge on any atom is -0.395 e. The topological polar surface area (TPSA) is 32.7 Å². The Morgan fingerprint density at radius 3 is 2.78 bits per heavy atom. The number of nitrogens with zero attached hydrogens (tertiary/aromatic N) is 1. The van der Waals surface area contributed by atoms with Crippen molar-refractivity contribution in [3.05, 3.63) is 35.4 Å². The third-order valence-corrected chi connectivity index (χ3v) is 2.97. The molecule has 0 amide bonds. The molecule has 2 rings (SSSR count). The fraction of sp³-hybridized carbons (Fsp3) is 0.467. The summed E-state index contributed by atoms with van der Waals surface area (Å²) in [6.45, 7) is 4.65. The van der Waals surface area contributed by atoms with Gasteiger partial charge in [-0.25, -0.2) is 0 Å². The van der Waals surface area contributed by atoms with Crippen LogP contribution in [0, 0.1) is 11.8 Å². The predicted molar refractivity (Wildman–Crippen MR) is 71.1 cm³/mol. The summed E-state index contributed by atoms with van der Waals surface area (Å²) < 4.78 is 5.35. The van der Waals surface area contributed by atoms with Crippen LogP contribution in [0.4, 0.5) is 0 Å². The standard InChI is InChI=1S/C15H19NO2/c17-10-4-3-6-14-5-1-2-7-15(14)13-16-8-11-18-12-9-16/h1-2,5,7,17H,4,8-13H2. The maximum atomic E-state index is 8.75. The van der Waals surface area contributed by atoms with Crippen molar-refractivity contribution in [2.75, 3.05) is 32.9 Å². The first-order chi connectivity index (χ1) is 8.90. The molecule has 0 spiro atoms. The molecule has 1 saturated heterocycles. The van der Waals surface area contributed by atoms with E-state index in [1.807, 2.05) is 18.2 Å². The number of hydrogen-bond donors (Lipinski definition) is 1. The lowest BCUT2D eigenvalue weighted by molar-refractivity contribution is 0.0341. The van der Waals surface area contributed by atoms with Crippen LogP contribution in [0.15, 0.2) is 24.3 Å². The van der Waals surface area contributed by atoms with Crippen LogP contribution in [-0.2, 0) is 11.3 Å². The van der Waals surface area contributed by atoms with Crippen LogP contribution in [-0.4, -0.2) is 42.9 Å². The monoisotopic (exact) mass is 245 g/mol. The van der Waals surface area contributed by atoms with Gasteiger partial charge < -0.3 is 9.84 Å². The second-order valence-corrected chi connectivity index (χ2v) is 4.32. The Balaban J connectivity index is 2.05. The van der Waals surface area contributed by atoms with E-state index in [4.69, 9.17) is 9.84 Å². The van der Waals surface area contributed by atoms with Gasteiger partial charge in [0.15, 0.2) is 0 Å². The van der Waals surface area contributed by atoms with E-state index in [2.05, 4.69) is 22.8 Å². The maximum absolute atomic E-state index is 8.75. The van der Waals surface area contributed by atoms with Crippen molar-refractivity contribution in [1.82, 2.24) is 4.90 Å². The molecular weight excluding hydrogens is 226 g/mol. The molecule has 1 heterocycles. The van der Waals surface area contributed by atoms with Gasteiger partial charge in [0.05, 0.1) is 19.8 Å². The van der Waals surface area contributed by atoms with Gasteiger partial charge in [-0.05, 0) is 11.6 Å². The van der Waals surface area contributed by atoms with Gasteiger partial charge in [0.25, 0.3) is 0 Å². The number of aliphatic hydroxyl groups is 1. The molecule has 0 aromatic heterocycles. The van der Waals surface area contributed by atoms with Gasteiger partial charge in [-0.1, -0.05) is 30.0 Å². The first kappa shape index (κ1) is 13.1. The van der Waals surface area contributed by atoms with Crippen LogP contribution < -0.4 is 0 Å². The zero-order valence-electron chi connectivity index (χ0n) is 10.6. The van der Waals surface area contributed by atoms with Gasteiger partial charge in [0.2, 0.25) is 0 Å². The molecule has 0 atom stereocenters. The lowest BCUT2D eigenvalue weighted by Gasteiger charge is -2.26. The summed E-state index contributed by atoms with van der Waals surface area (Å²) >= 11 is 0. The largest absolute Gasteiger partial charge is 0.395 e. The Kier molecular flexibility index (Phi) is 5.22. The molecule has 18 heavy (non-hydrogen) atoms. The summed E-state index contributed by atoms with van der Waals surface area (Å²) in [7, 11) is 0. The van der Waals surface area contributed by atoms with E-state index in [-0.39, 0.29) is 6.61 Å². The van der Waals surface area contributed by atoms with Crippen molar-refractivity contribution in [2.45, 2.75) is 13.0 Å². The fourth-order valence-electron chi connectivity index (χ4n) is 1.99. The number of benzene rings is 1. The summed E-state index contributed by atoms with van der Waals surface area (Å²) in [5.74, 6) is 6.12. The average Bonchev–Trinajstić information content (AvgIpc) is 2.42. The molecule has 0 bridgehead atoms. The van der Waals surface area contributed by atoms with Gasteiger partial charge in [-0.2, -0.15) is 0 Å². The summed E-state index contributed by atoms with van der Waals surface area (Å²) in [4.78, 5) is 2.38. The first-order valence-electron chi connectivity index (χ1n) is 6.38. The van der Waals surface area contributed by atoms with E-state index in [9.17, 15) is 0 Å². The highest BCUT2D eigenvalue weighted by Gasteiger charge is 2.11. The molecule has 0 radical (unpaired) electrons. The summed E-state index contributed by atoms with van der Waals surface area (Å²) in [5.41, 5.74) is 2.32. The molecule has 0 aliphatic carbocycles. The highest BCUT2D eigenvalue weighted by Crippen LogP contribution is 2.12. The molecule has 0 unspecified atom stereocenters. The molecule has 3 heteroatoms. The van der Waals surface area contributed by atoms with E-state index in [1.165, 1.54) is 5.56 Å². The van der Waals surface area contributed by atoms with Gasteiger partial charge in [-0.3, -0.25) is 4.90 Å². The van der Waals surface area contributed by atoms with Gasteiger partial charge in [0, 0.05) is 31.6 Å². The summed E-state index contributed by atoms with van der Waals surface area (Å²) in [6.07, 6.45) is 0.534. The van der Waals surface area contributed by atoms with Crippen LogP contribution >= 0.6 is 0 Å². The number of ether oxygens (including phenoxy) is 1. The van der Waals surface area contributed by atoms with Gasteiger partial charge >= 0.3 is 0 Å². The van der Waals surface area contributed by atoms with Crippen LogP contribution in [0.2, 0.25) is 0 Å². The van der Waals surface area contributed by atoms with Crippen LogP contribution in [0.1, 0.15) is 17.5 Å². The molecule has 1 aliphatic heterocycles. The SMILES string of the molecule is OCCC#Cc1ccccc1CN1CCOCC1. The molecule has 0 saturated carbocycles. The normalized spacial score (nSPS) is 16.1. The van der Waals surface area contributed by atoms with E-state index in [1.54, 1.807) is 0 Å². The molecule has 1 N–H and O–H groups in total. The van der Waals surface area contributed by atoms with Gasteiger partial charge in [-0.15, -0.1) is 0 Å². The molecule has 96 valence electrons. The smallest absolute Gasteiger partial charge is 0.0594 e. The second-order valence-electron chi connectivity index (χ2n) is 4.32. The minimum atomic E-state index is 0.124. The molecule has 1 aromatic rings. The lowest BCUT2D eigenvalue weighted by Crippen LogP contribution is -2.35. The van der Waals surface area contributed by atoms with E-state index in [0.29, 0.717) is 6.42 Å². The van der Waals surface area contributed by atoms with Crippen LogP contribution in [0.3, 0.4) is 0 Å². The second kappa shape index (κ2) is 7.17. The minimum absolute atomic E-state index is 0.124.